The number of rotatable bonds is 6. The molecule has 2 aromatic rings. The number of nitrogens with one attached hydrogen (secondary N) is 1. The normalized spacial score (nSPS) is 10.1. The highest BCUT2D eigenvalue weighted by atomic mass is 79.9. The number of benzene rings is 1. The van der Waals surface area contributed by atoms with Crippen LogP contribution in [0.15, 0.2) is 53.1 Å². The van der Waals surface area contributed by atoms with E-state index >= 15 is 0 Å². The third-order valence-electron chi connectivity index (χ3n) is 2.60. The first kappa shape index (κ1) is 14.5. The zero-order chi connectivity index (χ0) is 14.2. The maximum Gasteiger partial charge on any atom is 0.257 e. The maximum absolute atomic E-state index is 11.6. The highest BCUT2D eigenvalue weighted by molar-refractivity contribution is 9.10. The summed E-state index contributed by atoms with van der Waals surface area (Å²) >= 11 is 3.35. The first-order valence-electron chi connectivity index (χ1n) is 6.29. The van der Waals surface area contributed by atoms with Gasteiger partial charge in [0.2, 0.25) is 0 Å². The summed E-state index contributed by atoms with van der Waals surface area (Å²) < 4.78 is 6.32. The largest absolute Gasteiger partial charge is 0.484 e. The summed E-state index contributed by atoms with van der Waals surface area (Å²) in [4.78, 5) is 15.8. The van der Waals surface area contributed by atoms with Crippen LogP contribution in [0, 0.1) is 0 Å². The lowest BCUT2D eigenvalue weighted by atomic mass is 10.3. The molecular weight excluding hydrogens is 320 g/mol. The van der Waals surface area contributed by atoms with Crippen molar-refractivity contribution in [2.75, 3.05) is 13.2 Å². The van der Waals surface area contributed by atoms with Crippen molar-refractivity contribution in [1.29, 1.82) is 0 Å². The monoisotopic (exact) mass is 334 g/mol. The van der Waals surface area contributed by atoms with Crippen molar-refractivity contribution in [3.8, 4) is 5.75 Å². The molecule has 2 rings (SSSR count). The number of carbonyl (C=O) groups excluding carboxylic acids is 1. The van der Waals surface area contributed by atoms with Crippen LogP contribution in [0.3, 0.4) is 0 Å². The van der Waals surface area contributed by atoms with E-state index in [2.05, 4.69) is 26.2 Å². The van der Waals surface area contributed by atoms with Crippen LogP contribution in [0.5, 0.6) is 5.75 Å². The SMILES string of the molecule is O=C(COc1cccc(Br)c1)NCCc1ccccn1. The van der Waals surface area contributed by atoms with E-state index in [0.717, 1.165) is 10.2 Å². The number of pyridine rings is 1. The van der Waals surface area contributed by atoms with Gasteiger partial charge in [0.15, 0.2) is 6.61 Å². The van der Waals surface area contributed by atoms with Crippen LogP contribution in [0.4, 0.5) is 0 Å². The van der Waals surface area contributed by atoms with Gasteiger partial charge in [0, 0.05) is 29.3 Å². The lowest BCUT2D eigenvalue weighted by molar-refractivity contribution is -0.123. The Morgan fingerprint density at radius 1 is 1.25 bits per heavy atom. The number of ether oxygens (including phenoxy) is 1. The average Bonchev–Trinajstić information content (AvgIpc) is 2.46. The van der Waals surface area contributed by atoms with E-state index < -0.39 is 0 Å². The van der Waals surface area contributed by atoms with Crippen LogP contribution in [-0.2, 0) is 11.2 Å². The molecule has 0 atom stereocenters. The molecule has 5 heteroatoms. The molecule has 1 amide bonds. The fraction of sp³-hybridized carbons (Fsp3) is 0.200. The Balaban J connectivity index is 1.68. The second-order valence-corrected chi connectivity index (χ2v) is 5.08. The van der Waals surface area contributed by atoms with E-state index in [9.17, 15) is 4.79 Å². The molecule has 0 saturated heterocycles. The molecule has 0 aliphatic rings. The summed E-state index contributed by atoms with van der Waals surface area (Å²) in [5.41, 5.74) is 0.959. The zero-order valence-electron chi connectivity index (χ0n) is 10.9. The lowest BCUT2D eigenvalue weighted by Gasteiger charge is -2.07. The van der Waals surface area contributed by atoms with Gasteiger partial charge in [-0.25, -0.2) is 0 Å². The van der Waals surface area contributed by atoms with Gasteiger partial charge in [-0.2, -0.15) is 0 Å². The lowest BCUT2D eigenvalue weighted by Crippen LogP contribution is -2.30. The molecule has 0 bridgehead atoms. The molecule has 0 aliphatic carbocycles. The molecule has 104 valence electrons. The summed E-state index contributed by atoms with van der Waals surface area (Å²) in [5, 5.41) is 2.80. The first-order chi connectivity index (χ1) is 9.74. The predicted molar refractivity (Wildman–Crippen MR) is 80.6 cm³/mol. The van der Waals surface area contributed by atoms with Gasteiger partial charge in [0.25, 0.3) is 5.91 Å². The third kappa shape index (κ3) is 5.01. The minimum Gasteiger partial charge on any atom is -0.484 e. The zero-order valence-corrected chi connectivity index (χ0v) is 12.5. The Hall–Kier alpha value is -1.88. The number of hydrogen-bond donors (Lipinski definition) is 1. The number of nitrogens with zero attached hydrogens (tertiary/aromatic N) is 1. The molecule has 1 heterocycles. The van der Waals surface area contributed by atoms with Crippen molar-refractivity contribution < 1.29 is 9.53 Å². The molecule has 0 fully saturated rings. The van der Waals surface area contributed by atoms with Crippen molar-refractivity contribution in [2.45, 2.75) is 6.42 Å². The summed E-state index contributed by atoms with van der Waals surface area (Å²) in [6, 6.07) is 13.1. The van der Waals surface area contributed by atoms with Gasteiger partial charge >= 0.3 is 0 Å². The molecular formula is C15H15BrN2O2. The first-order valence-corrected chi connectivity index (χ1v) is 7.08. The van der Waals surface area contributed by atoms with E-state index in [-0.39, 0.29) is 12.5 Å². The van der Waals surface area contributed by atoms with Gasteiger partial charge in [0.1, 0.15) is 5.75 Å². The molecule has 0 spiro atoms. The van der Waals surface area contributed by atoms with E-state index in [0.29, 0.717) is 18.7 Å². The number of hydrogen-bond acceptors (Lipinski definition) is 3. The Labute approximate surface area is 126 Å². The Morgan fingerprint density at radius 3 is 2.90 bits per heavy atom. The van der Waals surface area contributed by atoms with Gasteiger partial charge < -0.3 is 10.1 Å². The van der Waals surface area contributed by atoms with E-state index in [1.165, 1.54) is 0 Å². The highest BCUT2D eigenvalue weighted by Crippen LogP contribution is 2.17. The van der Waals surface area contributed by atoms with Gasteiger partial charge in [-0.05, 0) is 30.3 Å². The topological polar surface area (TPSA) is 51.2 Å². The van der Waals surface area contributed by atoms with Crippen LogP contribution in [0.25, 0.3) is 0 Å². The molecule has 0 radical (unpaired) electrons. The second-order valence-electron chi connectivity index (χ2n) is 4.17. The summed E-state index contributed by atoms with van der Waals surface area (Å²) in [6.45, 7) is 0.566. The molecule has 0 saturated carbocycles. The van der Waals surface area contributed by atoms with Gasteiger partial charge in [-0.3, -0.25) is 9.78 Å². The van der Waals surface area contributed by atoms with Crippen molar-refractivity contribution in [2.24, 2.45) is 0 Å². The maximum atomic E-state index is 11.6. The smallest absolute Gasteiger partial charge is 0.257 e. The van der Waals surface area contributed by atoms with Crippen molar-refractivity contribution >= 4 is 21.8 Å². The van der Waals surface area contributed by atoms with Crippen LogP contribution in [0.1, 0.15) is 5.69 Å². The fourth-order valence-corrected chi connectivity index (χ4v) is 2.01. The molecule has 1 aromatic carbocycles. The summed E-state index contributed by atoms with van der Waals surface area (Å²) in [7, 11) is 0. The third-order valence-corrected chi connectivity index (χ3v) is 3.09. The Morgan fingerprint density at radius 2 is 2.15 bits per heavy atom. The highest BCUT2D eigenvalue weighted by Gasteiger charge is 2.03. The Kier molecular flexibility index (Phi) is 5.55. The van der Waals surface area contributed by atoms with Crippen molar-refractivity contribution in [3.63, 3.8) is 0 Å². The Bertz CT molecular complexity index is 561. The fourth-order valence-electron chi connectivity index (χ4n) is 1.63. The molecule has 0 unspecified atom stereocenters. The van der Waals surface area contributed by atoms with Crippen LogP contribution >= 0.6 is 15.9 Å². The quantitative estimate of drug-likeness (QED) is 0.883. The van der Waals surface area contributed by atoms with Crippen LogP contribution in [0.2, 0.25) is 0 Å². The van der Waals surface area contributed by atoms with Gasteiger partial charge in [-0.15, -0.1) is 0 Å². The van der Waals surface area contributed by atoms with Gasteiger partial charge in [-0.1, -0.05) is 28.1 Å². The van der Waals surface area contributed by atoms with Gasteiger partial charge in [0.05, 0.1) is 0 Å². The van der Waals surface area contributed by atoms with E-state index in [1.807, 2.05) is 42.5 Å². The average molecular weight is 335 g/mol. The van der Waals surface area contributed by atoms with Crippen LogP contribution in [-0.4, -0.2) is 24.0 Å². The summed E-state index contributed by atoms with van der Waals surface area (Å²) in [5.74, 6) is 0.528. The second kappa shape index (κ2) is 7.65. The van der Waals surface area contributed by atoms with E-state index in [4.69, 9.17) is 4.74 Å². The number of carbonyl (C=O) groups is 1. The standard InChI is InChI=1S/C15H15BrN2O2/c16-12-4-3-6-14(10-12)20-11-15(19)18-9-7-13-5-1-2-8-17-13/h1-6,8,10H,7,9,11H2,(H,18,19). The molecule has 20 heavy (non-hydrogen) atoms. The van der Waals surface area contributed by atoms with E-state index in [1.54, 1.807) is 6.20 Å². The minimum atomic E-state index is -0.138. The number of amides is 1. The number of halogens is 1. The minimum absolute atomic E-state index is 0.0126. The summed E-state index contributed by atoms with van der Waals surface area (Å²) in [6.07, 6.45) is 2.46. The molecule has 1 N–H and O–H groups in total. The predicted octanol–water partition coefficient (Wildman–Crippen LogP) is 2.58. The molecule has 0 aliphatic heterocycles. The van der Waals surface area contributed by atoms with Crippen molar-refractivity contribution in [3.05, 3.63) is 58.8 Å². The number of aromatic nitrogens is 1. The van der Waals surface area contributed by atoms with Crippen LogP contribution < -0.4 is 10.1 Å². The molecule has 4 nitrogen and oxygen atoms in total. The van der Waals surface area contributed by atoms with Crippen molar-refractivity contribution in [1.82, 2.24) is 10.3 Å². The molecule has 1 aromatic heterocycles.